The maximum atomic E-state index is 12.6. The van der Waals surface area contributed by atoms with E-state index in [1.807, 2.05) is 97.1 Å². The van der Waals surface area contributed by atoms with Crippen LogP contribution in [-0.4, -0.2) is 43.1 Å². The summed E-state index contributed by atoms with van der Waals surface area (Å²) in [5, 5.41) is 25.7. The van der Waals surface area contributed by atoms with Gasteiger partial charge in [0, 0.05) is 29.8 Å². The van der Waals surface area contributed by atoms with Crippen LogP contribution in [0.15, 0.2) is 139 Å². The lowest BCUT2D eigenvalue weighted by Crippen LogP contribution is -2.31. The molecule has 0 spiro atoms. The Bertz CT molecular complexity index is 1990. The summed E-state index contributed by atoms with van der Waals surface area (Å²) in [6, 6.07) is 43.3. The summed E-state index contributed by atoms with van der Waals surface area (Å²) in [4.78, 5) is 12.6. The summed E-state index contributed by atoms with van der Waals surface area (Å²) in [7, 11) is 0. The molecule has 5 aromatic carbocycles. The zero-order chi connectivity index (χ0) is 33.4. The van der Waals surface area contributed by atoms with Crippen molar-refractivity contribution in [1.29, 1.82) is 0 Å². The molecule has 7 rings (SSSR count). The molecule has 1 fully saturated rings. The number of rotatable bonds is 11. The molecule has 0 radical (unpaired) electrons. The second-order valence-electron chi connectivity index (χ2n) is 11.7. The summed E-state index contributed by atoms with van der Waals surface area (Å²) in [6.07, 6.45) is -0.346. The van der Waals surface area contributed by atoms with Crippen molar-refractivity contribution in [3.8, 4) is 16.8 Å². The van der Waals surface area contributed by atoms with Crippen LogP contribution in [0.5, 0.6) is 0 Å². The Morgan fingerprint density at radius 1 is 0.796 bits per heavy atom. The topological polar surface area (TPSA) is 111 Å². The number of amides is 1. The highest BCUT2D eigenvalue weighted by atomic mass is 32.2. The van der Waals surface area contributed by atoms with Crippen molar-refractivity contribution in [3.05, 3.63) is 161 Å². The number of ether oxygens (including phenoxy) is 2. The molecule has 2 N–H and O–H groups in total. The van der Waals surface area contributed by atoms with E-state index in [2.05, 4.69) is 45.1 Å². The average molecular weight is 670 g/mol. The van der Waals surface area contributed by atoms with E-state index < -0.39 is 6.29 Å². The number of tetrazole rings is 1. The molecule has 49 heavy (non-hydrogen) atoms. The summed E-state index contributed by atoms with van der Waals surface area (Å²) < 4.78 is 15.0. The van der Waals surface area contributed by atoms with E-state index in [9.17, 15) is 9.90 Å². The first kappa shape index (κ1) is 32.4. The maximum absolute atomic E-state index is 12.6. The van der Waals surface area contributed by atoms with Crippen LogP contribution >= 0.6 is 11.8 Å². The van der Waals surface area contributed by atoms with Crippen LogP contribution in [0.4, 0.5) is 0 Å². The molecule has 1 aliphatic heterocycles. The number of nitrogens with one attached hydrogen (secondary N) is 1. The highest BCUT2D eigenvalue weighted by molar-refractivity contribution is 7.99. The van der Waals surface area contributed by atoms with Crippen molar-refractivity contribution in [2.75, 3.05) is 5.75 Å². The predicted molar refractivity (Wildman–Crippen MR) is 188 cm³/mol. The minimum Gasteiger partial charge on any atom is -0.392 e. The van der Waals surface area contributed by atoms with E-state index in [0.29, 0.717) is 29.4 Å². The molecule has 6 aromatic rings. The maximum Gasteiger partial charge on any atom is 0.251 e. The van der Waals surface area contributed by atoms with Gasteiger partial charge in [-0.25, -0.2) is 0 Å². The second-order valence-corrected chi connectivity index (χ2v) is 12.7. The fourth-order valence-electron chi connectivity index (χ4n) is 5.79. The Morgan fingerprint density at radius 2 is 1.53 bits per heavy atom. The lowest BCUT2D eigenvalue weighted by molar-refractivity contribution is -0.245. The van der Waals surface area contributed by atoms with Crippen molar-refractivity contribution in [2.45, 2.75) is 43.2 Å². The van der Waals surface area contributed by atoms with E-state index in [4.69, 9.17) is 9.47 Å². The van der Waals surface area contributed by atoms with E-state index in [1.54, 1.807) is 28.6 Å². The first-order valence-electron chi connectivity index (χ1n) is 16.1. The molecule has 2 heterocycles. The molecule has 246 valence electrons. The third-order valence-corrected chi connectivity index (χ3v) is 9.41. The molecule has 1 amide bonds. The van der Waals surface area contributed by atoms with Crippen molar-refractivity contribution in [3.63, 3.8) is 0 Å². The van der Waals surface area contributed by atoms with E-state index in [-0.39, 0.29) is 24.7 Å². The lowest BCUT2D eigenvalue weighted by atomic mass is 9.99. The number of aliphatic hydroxyl groups is 1. The molecule has 10 heteroatoms. The van der Waals surface area contributed by atoms with Gasteiger partial charge in [0.05, 0.1) is 24.5 Å². The molecule has 1 aliphatic rings. The summed E-state index contributed by atoms with van der Waals surface area (Å²) in [5.41, 5.74) is 7.34. The summed E-state index contributed by atoms with van der Waals surface area (Å²) in [6.45, 7) is 0.403. The van der Waals surface area contributed by atoms with Crippen molar-refractivity contribution in [2.24, 2.45) is 0 Å². The standard InChI is InChI=1S/C39H35N5O4S/c45-25-27-17-19-29(20-18-27)36-23-35(26-49-39-41-42-43-44(39)34-15-5-2-6-16-34)47-38(48-36)33-14-8-13-32(22-33)31-12-7-9-28(21-31)24-40-37(46)30-10-3-1-4-11-30/h1-22,35-36,38,45H,23-26H2,(H,40,46)/t35-,36+,38+/m0/s1. The van der Waals surface area contributed by atoms with Gasteiger partial charge in [0.1, 0.15) is 0 Å². The minimum atomic E-state index is -0.611. The highest BCUT2D eigenvalue weighted by Crippen LogP contribution is 2.40. The molecule has 1 saturated heterocycles. The number of aliphatic hydroxyl groups excluding tert-OH is 1. The molecule has 3 atom stereocenters. The Labute approximate surface area is 288 Å². The van der Waals surface area contributed by atoms with Crippen LogP contribution in [-0.2, 0) is 22.6 Å². The van der Waals surface area contributed by atoms with Gasteiger partial charge in [-0.05, 0) is 74.6 Å². The van der Waals surface area contributed by atoms with Gasteiger partial charge in [-0.3, -0.25) is 4.79 Å². The van der Waals surface area contributed by atoms with Gasteiger partial charge in [0.15, 0.2) is 6.29 Å². The van der Waals surface area contributed by atoms with Gasteiger partial charge in [-0.1, -0.05) is 109 Å². The Hall–Kier alpha value is -5.13. The Balaban J connectivity index is 1.10. The second kappa shape index (κ2) is 15.4. The average Bonchev–Trinajstić information content (AvgIpc) is 3.66. The van der Waals surface area contributed by atoms with E-state index in [1.165, 1.54) is 0 Å². The largest absolute Gasteiger partial charge is 0.392 e. The number of nitrogens with zero attached hydrogens (tertiary/aromatic N) is 4. The summed E-state index contributed by atoms with van der Waals surface area (Å²) in [5.74, 6) is 0.513. The van der Waals surface area contributed by atoms with Gasteiger partial charge in [-0.15, -0.1) is 5.10 Å². The first-order valence-corrected chi connectivity index (χ1v) is 17.1. The number of carbonyl (C=O) groups is 1. The molecule has 0 unspecified atom stereocenters. The van der Waals surface area contributed by atoms with E-state index in [0.717, 1.165) is 39.1 Å². The van der Waals surface area contributed by atoms with Crippen LogP contribution in [0.2, 0.25) is 0 Å². The lowest BCUT2D eigenvalue weighted by Gasteiger charge is -2.36. The van der Waals surface area contributed by atoms with Crippen LogP contribution in [0.25, 0.3) is 16.8 Å². The Kier molecular flexibility index (Phi) is 10.2. The van der Waals surface area contributed by atoms with Crippen molar-refractivity contribution < 1.29 is 19.4 Å². The van der Waals surface area contributed by atoms with Crippen LogP contribution < -0.4 is 5.32 Å². The van der Waals surface area contributed by atoms with Gasteiger partial charge in [0.25, 0.3) is 5.91 Å². The molecular formula is C39H35N5O4S. The van der Waals surface area contributed by atoms with E-state index >= 15 is 0 Å². The number of hydrogen-bond acceptors (Lipinski definition) is 8. The number of hydrogen-bond donors (Lipinski definition) is 2. The van der Waals surface area contributed by atoms with Crippen LogP contribution in [0, 0.1) is 0 Å². The number of benzene rings is 5. The molecule has 0 aliphatic carbocycles. The van der Waals surface area contributed by atoms with Crippen LogP contribution in [0.1, 0.15) is 51.4 Å². The Morgan fingerprint density at radius 3 is 2.31 bits per heavy atom. The third kappa shape index (κ3) is 7.96. The zero-order valence-corrected chi connectivity index (χ0v) is 27.4. The molecule has 0 bridgehead atoms. The van der Waals surface area contributed by atoms with Crippen molar-refractivity contribution >= 4 is 17.7 Å². The normalized spacial score (nSPS) is 17.4. The smallest absolute Gasteiger partial charge is 0.251 e. The minimum absolute atomic E-state index is 0.0136. The summed E-state index contributed by atoms with van der Waals surface area (Å²) >= 11 is 1.55. The number of aromatic nitrogens is 4. The third-order valence-electron chi connectivity index (χ3n) is 8.36. The fraction of sp³-hybridized carbons (Fsp3) is 0.179. The molecule has 9 nitrogen and oxygen atoms in total. The van der Waals surface area contributed by atoms with Gasteiger partial charge < -0.3 is 19.9 Å². The quantitative estimate of drug-likeness (QED) is 0.141. The van der Waals surface area contributed by atoms with Gasteiger partial charge in [0.2, 0.25) is 5.16 Å². The number of thioether (sulfide) groups is 1. The SMILES string of the molecule is O=C(NCc1cccc(-c2cccc([C@@H]3O[C@H](CSc4nnnn4-c4ccccc4)C[C@H](c4ccc(CO)cc4)O3)c2)c1)c1ccccc1. The van der Waals surface area contributed by atoms with Gasteiger partial charge in [-0.2, -0.15) is 4.68 Å². The van der Waals surface area contributed by atoms with Crippen molar-refractivity contribution in [1.82, 2.24) is 25.5 Å². The predicted octanol–water partition coefficient (Wildman–Crippen LogP) is 7.09. The first-order chi connectivity index (χ1) is 24.1. The zero-order valence-electron chi connectivity index (χ0n) is 26.6. The number of carbonyl (C=O) groups excluding carboxylic acids is 1. The molecule has 0 saturated carbocycles. The van der Waals surface area contributed by atoms with Crippen LogP contribution in [0.3, 0.4) is 0 Å². The fourth-order valence-corrected chi connectivity index (χ4v) is 6.70. The molecular weight excluding hydrogens is 635 g/mol. The highest BCUT2D eigenvalue weighted by Gasteiger charge is 2.33. The molecule has 1 aromatic heterocycles. The monoisotopic (exact) mass is 669 g/mol. The van der Waals surface area contributed by atoms with Gasteiger partial charge >= 0.3 is 0 Å². The number of para-hydroxylation sites is 1.